The van der Waals surface area contributed by atoms with Crippen LogP contribution in [0.4, 0.5) is 5.82 Å². The van der Waals surface area contributed by atoms with Crippen molar-refractivity contribution < 1.29 is 4.74 Å². The molecule has 1 aliphatic carbocycles. The minimum absolute atomic E-state index is 0.259. The molecular weight excluding hydrogens is 238 g/mol. The van der Waals surface area contributed by atoms with Crippen molar-refractivity contribution in [3.63, 3.8) is 0 Å². The second-order valence-corrected chi connectivity index (χ2v) is 5.54. The standard InChI is InChI=1S/C15H25N3O/c1-5-19-15(8-6-7-9-15)14-17-12(11(2)3)10-13(16-4)18-14/h10-11H,5-9H2,1-4H3,(H,16,17,18). The van der Waals surface area contributed by atoms with Gasteiger partial charge in [-0.2, -0.15) is 0 Å². The van der Waals surface area contributed by atoms with E-state index in [2.05, 4.69) is 24.1 Å². The van der Waals surface area contributed by atoms with E-state index in [1.54, 1.807) is 0 Å². The second kappa shape index (κ2) is 5.87. The van der Waals surface area contributed by atoms with E-state index < -0.39 is 0 Å². The molecular formula is C15H25N3O. The van der Waals surface area contributed by atoms with Gasteiger partial charge in [0, 0.05) is 25.4 Å². The van der Waals surface area contributed by atoms with Crippen LogP contribution in [-0.4, -0.2) is 23.6 Å². The van der Waals surface area contributed by atoms with Crippen molar-refractivity contribution in [1.82, 2.24) is 9.97 Å². The van der Waals surface area contributed by atoms with Crippen LogP contribution >= 0.6 is 0 Å². The quantitative estimate of drug-likeness (QED) is 0.884. The largest absolute Gasteiger partial charge is 0.373 e. The summed E-state index contributed by atoms with van der Waals surface area (Å²) in [5, 5.41) is 3.14. The zero-order chi connectivity index (χ0) is 13.9. The summed E-state index contributed by atoms with van der Waals surface area (Å²) in [6.07, 6.45) is 4.46. The highest BCUT2D eigenvalue weighted by atomic mass is 16.5. The smallest absolute Gasteiger partial charge is 0.162 e. The molecule has 0 radical (unpaired) electrons. The van der Waals surface area contributed by atoms with Gasteiger partial charge in [-0.15, -0.1) is 0 Å². The fraction of sp³-hybridized carbons (Fsp3) is 0.733. The minimum atomic E-state index is -0.259. The summed E-state index contributed by atoms with van der Waals surface area (Å²) in [6.45, 7) is 7.08. The SMILES string of the molecule is CCOC1(c2nc(NC)cc(C(C)C)n2)CCCC1. The molecule has 0 atom stereocenters. The zero-order valence-electron chi connectivity index (χ0n) is 12.5. The van der Waals surface area contributed by atoms with E-state index in [9.17, 15) is 0 Å². The normalized spacial score (nSPS) is 17.9. The molecule has 106 valence electrons. The lowest BCUT2D eigenvalue weighted by atomic mass is 10.00. The van der Waals surface area contributed by atoms with Crippen LogP contribution in [-0.2, 0) is 10.3 Å². The molecule has 2 rings (SSSR count). The van der Waals surface area contributed by atoms with E-state index in [1.807, 2.05) is 20.0 Å². The van der Waals surface area contributed by atoms with E-state index in [0.29, 0.717) is 12.5 Å². The van der Waals surface area contributed by atoms with Crippen LogP contribution < -0.4 is 5.32 Å². The van der Waals surface area contributed by atoms with Crippen molar-refractivity contribution in [3.8, 4) is 0 Å². The number of anilines is 1. The van der Waals surface area contributed by atoms with Crippen LogP contribution in [0.2, 0.25) is 0 Å². The van der Waals surface area contributed by atoms with Crippen molar-refractivity contribution in [3.05, 3.63) is 17.6 Å². The molecule has 0 amide bonds. The van der Waals surface area contributed by atoms with E-state index >= 15 is 0 Å². The number of aromatic nitrogens is 2. The Morgan fingerprint density at radius 1 is 1.32 bits per heavy atom. The molecule has 0 unspecified atom stereocenters. The average molecular weight is 263 g/mol. The van der Waals surface area contributed by atoms with Gasteiger partial charge < -0.3 is 10.1 Å². The first-order valence-electron chi connectivity index (χ1n) is 7.32. The molecule has 1 aliphatic rings. The third-order valence-corrected chi connectivity index (χ3v) is 3.83. The Kier molecular flexibility index (Phi) is 4.40. The highest BCUT2D eigenvalue weighted by Crippen LogP contribution is 2.41. The van der Waals surface area contributed by atoms with Gasteiger partial charge in [0.2, 0.25) is 0 Å². The fourth-order valence-corrected chi connectivity index (χ4v) is 2.75. The molecule has 0 aromatic carbocycles. The Hall–Kier alpha value is -1.16. The van der Waals surface area contributed by atoms with Crippen molar-refractivity contribution in [2.75, 3.05) is 19.0 Å². The number of nitrogens with one attached hydrogen (secondary N) is 1. The third-order valence-electron chi connectivity index (χ3n) is 3.83. The van der Waals surface area contributed by atoms with E-state index in [4.69, 9.17) is 9.72 Å². The van der Waals surface area contributed by atoms with Crippen molar-refractivity contribution >= 4 is 5.82 Å². The number of ether oxygens (including phenoxy) is 1. The van der Waals surface area contributed by atoms with Crippen molar-refractivity contribution in [2.45, 2.75) is 58.0 Å². The van der Waals surface area contributed by atoms with Gasteiger partial charge in [0.1, 0.15) is 11.4 Å². The maximum Gasteiger partial charge on any atom is 0.162 e. The summed E-state index contributed by atoms with van der Waals surface area (Å²) in [7, 11) is 1.90. The first-order valence-corrected chi connectivity index (χ1v) is 7.32. The second-order valence-electron chi connectivity index (χ2n) is 5.54. The molecule has 1 heterocycles. The van der Waals surface area contributed by atoms with Crippen molar-refractivity contribution in [1.29, 1.82) is 0 Å². The summed E-state index contributed by atoms with van der Waals surface area (Å²) in [5.41, 5.74) is 0.825. The first kappa shape index (κ1) is 14.3. The molecule has 1 saturated carbocycles. The van der Waals surface area contributed by atoms with E-state index in [0.717, 1.165) is 30.2 Å². The van der Waals surface area contributed by atoms with E-state index in [-0.39, 0.29) is 5.60 Å². The topological polar surface area (TPSA) is 47.0 Å². The van der Waals surface area contributed by atoms with Gasteiger partial charge in [0.15, 0.2) is 5.82 Å². The highest BCUT2D eigenvalue weighted by Gasteiger charge is 2.39. The highest BCUT2D eigenvalue weighted by molar-refractivity contribution is 5.37. The van der Waals surface area contributed by atoms with Gasteiger partial charge in [-0.25, -0.2) is 9.97 Å². The molecule has 4 nitrogen and oxygen atoms in total. The van der Waals surface area contributed by atoms with Crippen molar-refractivity contribution in [2.24, 2.45) is 0 Å². The van der Waals surface area contributed by atoms with Gasteiger partial charge in [0.25, 0.3) is 0 Å². The lowest BCUT2D eigenvalue weighted by Gasteiger charge is -2.28. The molecule has 1 fully saturated rings. The van der Waals surface area contributed by atoms with Crippen LogP contribution in [0, 0.1) is 0 Å². The number of hydrogen-bond donors (Lipinski definition) is 1. The van der Waals surface area contributed by atoms with Gasteiger partial charge in [-0.1, -0.05) is 13.8 Å². The lowest BCUT2D eigenvalue weighted by Crippen LogP contribution is -2.29. The number of rotatable bonds is 5. The average Bonchev–Trinajstić information content (AvgIpc) is 2.88. The molecule has 1 N–H and O–H groups in total. The molecule has 0 aliphatic heterocycles. The summed E-state index contributed by atoms with van der Waals surface area (Å²) in [5.74, 6) is 2.15. The van der Waals surface area contributed by atoms with Gasteiger partial charge in [0.05, 0.1) is 0 Å². The molecule has 1 aromatic rings. The predicted molar refractivity (Wildman–Crippen MR) is 77.4 cm³/mol. The Morgan fingerprint density at radius 3 is 2.53 bits per heavy atom. The molecule has 0 bridgehead atoms. The maximum absolute atomic E-state index is 6.06. The van der Waals surface area contributed by atoms with Gasteiger partial charge >= 0.3 is 0 Å². The summed E-state index contributed by atoms with van der Waals surface area (Å²) in [6, 6.07) is 2.03. The molecule has 1 aromatic heterocycles. The van der Waals surface area contributed by atoms with E-state index in [1.165, 1.54) is 12.8 Å². The Balaban J connectivity index is 2.43. The van der Waals surface area contributed by atoms with Gasteiger partial charge in [-0.3, -0.25) is 0 Å². The third kappa shape index (κ3) is 2.89. The number of hydrogen-bond acceptors (Lipinski definition) is 4. The lowest BCUT2D eigenvalue weighted by molar-refractivity contribution is -0.0457. The van der Waals surface area contributed by atoms with Gasteiger partial charge in [-0.05, 0) is 38.5 Å². The van der Waals surface area contributed by atoms with Crippen LogP contribution in [0.1, 0.15) is 63.9 Å². The molecule has 19 heavy (non-hydrogen) atoms. The Bertz CT molecular complexity index is 425. The maximum atomic E-state index is 6.06. The summed E-state index contributed by atoms with van der Waals surface area (Å²) >= 11 is 0. The van der Waals surface area contributed by atoms with Crippen LogP contribution in [0.15, 0.2) is 6.07 Å². The first-order chi connectivity index (χ1) is 9.11. The minimum Gasteiger partial charge on any atom is -0.373 e. The van der Waals surface area contributed by atoms with Crippen LogP contribution in [0.5, 0.6) is 0 Å². The van der Waals surface area contributed by atoms with Crippen LogP contribution in [0.3, 0.4) is 0 Å². The molecule has 0 spiro atoms. The molecule has 4 heteroatoms. The fourth-order valence-electron chi connectivity index (χ4n) is 2.75. The zero-order valence-corrected chi connectivity index (χ0v) is 12.5. The Morgan fingerprint density at radius 2 is 2.00 bits per heavy atom. The summed E-state index contributed by atoms with van der Waals surface area (Å²) in [4.78, 5) is 9.44. The number of nitrogens with zero attached hydrogens (tertiary/aromatic N) is 2. The Labute approximate surface area is 116 Å². The monoisotopic (exact) mass is 263 g/mol. The van der Waals surface area contributed by atoms with Crippen LogP contribution in [0.25, 0.3) is 0 Å². The predicted octanol–water partition coefficient (Wildman–Crippen LogP) is 3.45. The molecule has 0 saturated heterocycles. The summed E-state index contributed by atoms with van der Waals surface area (Å²) < 4.78 is 6.06.